The molecule has 0 amide bonds. The van der Waals surface area contributed by atoms with Crippen LogP contribution in [0.3, 0.4) is 0 Å². The molecule has 0 atom stereocenters. The molecule has 56 valence electrons. The summed E-state index contributed by atoms with van der Waals surface area (Å²) < 4.78 is 1.93. The Morgan fingerprint density at radius 1 is 1.50 bits per heavy atom. The summed E-state index contributed by atoms with van der Waals surface area (Å²) >= 11 is 2.16. The maximum atomic E-state index is 7.04. The molecule has 0 aromatic carbocycles. The predicted octanol–water partition coefficient (Wildman–Crippen LogP) is 3.17. The van der Waals surface area contributed by atoms with Crippen LogP contribution in [0.15, 0.2) is 21.8 Å². The molecule has 0 bridgehead atoms. The Morgan fingerprint density at radius 2 is 2.10 bits per heavy atom. The summed E-state index contributed by atoms with van der Waals surface area (Å²) in [5.74, 6) is 0.449. The summed E-state index contributed by atoms with van der Waals surface area (Å²) in [5.41, 5.74) is 1.06. The van der Waals surface area contributed by atoms with E-state index in [9.17, 15) is 0 Å². The normalized spacial score (nSPS) is 13.0. The van der Waals surface area contributed by atoms with Crippen LogP contribution in [0.25, 0.3) is 0 Å². The third-order valence-corrected chi connectivity index (χ3v) is 1.61. The molecule has 0 saturated heterocycles. The van der Waals surface area contributed by atoms with Gasteiger partial charge in [-0.25, -0.2) is 0 Å². The predicted molar refractivity (Wildman–Crippen MR) is 54.9 cm³/mol. The minimum atomic E-state index is 0.449. The van der Waals surface area contributed by atoms with Crippen LogP contribution in [0, 0.1) is 11.3 Å². The van der Waals surface area contributed by atoms with Crippen molar-refractivity contribution < 1.29 is 0 Å². The van der Waals surface area contributed by atoms with Gasteiger partial charge in [-0.3, -0.25) is 0 Å². The van der Waals surface area contributed by atoms with Gasteiger partial charge in [0.05, 0.1) is 0 Å². The second-order valence-corrected chi connectivity index (χ2v) is 3.00. The molecule has 10 heavy (non-hydrogen) atoms. The van der Waals surface area contributed by atoms with Gasteiger partial charge in [0.25, 0.3) is 0 Å². The van der Waals surface area contributed by atoms with E-state index >= 15 is 0 Å². The van der Waals surface area contributed by atoms with E-state index in [2.05, 4.69) is 36.4 Å². The van der Waals surface area contributed by atoms with Gasteiger partial charge in [0.2, 0.25) is 0 Å². The van der Waals surface area contributed by atoms with Gasteiger partial charge in [-0.1, -0.05) is 48.6 Å². The van der Waals surface area contributed by atoms with E-state index in [1.165, 1.54) is 6.21 Å². The Kier molecular flexibility index (Phi) is 5.58. The Balaban J connectivity index is 4.18. The number of allylic oxidation sites excluding steroid dienone is 3. The Morgan fingerprint density at radius 3 is 2.40 bits per heavy atom. The van der Waals surface area contributed by atoms with E-state index in [-0.39, 0.29) is 0 Å². The monoisotopic (exact) mass is 249 g/mol. The number of nitrogens with one attached hydrogen (secondary N) is 1. The quantitative estimate of drug-likeness (QED) is 0.451. The number of halogens is 1. The molecule has 0 fully saturated rings. The minimum absolute atomic E-state index is 0.449. The van der Waals surface area contributed by atoms with Gasteiger partial charge in [-0.15, -0.1) is 0 Å². The molecule has 0 aromatic heterocycles. The molecule has 1 N–H and O–H groups in total. The van der Waals surface area contributed by atoms with E-state index in [1.54, 1.807) is 0 Å². The molecule has 0 heterocycles. The highest BCUT2D eigenvalue weighted by Gasteiger charge is 1.95. The van der Waals surface area contributed by atoms with Gasteiger partial charge in [0.1, 0.15) is 0 Å². The van der Waals surface area contributed by atoms with Crippen molar-refractivity contribution in [3.8, 4) is 0 Å². The van der Waals surface area contributed by atoms with Crippen LogP contribution in [0.4, 0.5) is 0 Å². The highest BCUT2D eigenvalue weighted by atomic mass is 127. The molecule has 0 saturated carbocycles. The first-order valence-electron chi connectivity index (χ1n) is 3.19. The molecule has 0 aromatic rings. The lowest BCUT2D eigenvalue weighted by Gasteiger charge is -2.01. The van der Waals surface area contributed by atoms with Gasteiger partial charge < -0.3 is 5.41 Å². The van der Waals surface area contributed by atoms with Crippen molar-refractivity contribution in [3.63, 3.8) is 0 Å². The molecule has 0 aliphatic carbocycles. The van der Waals surface area contributed by atoms with Gasteiger partial charge in [0.15, 0.2) is 0 Å². The van der Waals surface area contributed by atoms with Crippen LogP contribution in [0.5, 0.6) is 0 Å². The van der Waals surface area contributed by atoms with Crippen molar-refractivity contribution in [2.24, 2.45) is 5.92 Å². The highest BCUT2D eigenvalue weighted by molar-refractivity contribution is 14.1. The van der Waals surface area contributed by atoms with Crippen molar-refractivity contribution in [3.05, 3.63) is 21.8 Å². The van der Waals surface area contributed by atoms with Crippen LogP contribution >= 0.6 is 22.6 Å². The summed E-state index contributed by atoms with van der Waals surface area (Å²) in [6.45, 7) is 4.16. The fourth-order valence-corrected chi connectivity index (χ4v) is 0.762. The number of hydrogen-bond acceptors (Lipinski definition) is 1. The summed E-state index contributed by atoms with van der Waals surface area (Å²) in [5, 5.41) is 7.04. The third-order valence-electron chi connectivity index (χ3n) is 1.19. The first-order valence-corrected chi connectivity index (χ1v) is 4.44. The van der Waals surface area contributed by atoms with E-state index in [1.807, 2.05) is 16.2 Å². The standard InChI is InChI=1S/C8H12IN/c1-7(2)8(6-10)4-3-5-9/h3-7,10H,1-2H3/b5-3-,8-4+,10-6?. The Bertz CT molecular complexity index is 157. The average molecular weight is 249 g/mol. The molecule has 2 heteroatoms. The first kappa shape index (κ1) is 9.88. The molecular weight excluding hydrogens is 237 g/mol. The molecule has 1 nitrogen and oxygen atoms in total. The van der Waals surface area contributed by atoms with Crippen molar-refractivity contribution in [1.29, 1.82) is 5.41 Å². The summed E-state index contributed by atoms with van der Waals surface area (Å²) in [4.78, 5) is 0. The Hall–Kier alpha value is -0.120. The molecule has 0 unspecified atom stereocenters. The smallest absolute Gasteiger partial charge is 0.0212 e. The van der Waals surface area contributed by atoms with Gasteiger partial charge in [-0.05, 0) is 15.6 Å². The largest absolute Gasteiger partial charge is 0.308 e. The zero-order valence-electron chi connectivity index (χ0n) is 6.26. The molecular formula is C8H12IN. The fraction of sp³-hybridized carbons (Fsp3) is 0.375. The van der Waals surface area contributed by atoms with Crippen LogP contribution in [0.1, 0.15) is 13.8 Å². The van der Waals surface area contributed by atoms with Gasteiger partial charge in [0, 0.05) is 6.21 Å². The lowest BCUT2D eigenvalue weighted by atomic mass is 10.0. The zero-order chi connectivity index (χ0) is 7.98. The minimum Gasteiger partial charge on any atom is -0.308 e. The molecule has 0 aliphatic heterocycles. The number of rotatable bonds is 3. The maximum Gasteiger partial charge on any atom is 0.0212 e. The Labute approximate surface area is 75.9 Å². The third kappa shape index (κ3) is 3.82. The SMILES string of the molecule is CC(C)/C(C=N)=C/C=C\I. The summed E-state index contributed by atoms with van der Waals surface area (Å²) in [7, 11) is 0. The second kappa shape index (κ2) is 5.65. The van der Waals surface area contributed by atoms with E-state index in [0.717, 1.165) is 5.57 Å². The fourth-order valence-electron chi connectivity index (χ4n) is 0.555. The molecule has 0 aliphatic rings. The summed E-state index contributed by atoms with van der Waals surface area (Å²) in [6.07, 6.45) is 5.31. The van der Waals surface area contributed by atoms with Crippen molar-refractivity contribution >= 4 is 28.8 Å². The van der Waals surface area contributed by atoms with Crippen molar-refractivity contribution in [2.45, 2.75) is 13.8 Å². The second-order valence-electron chi connectivity index (χ2n) is 2.28. The van der Waals surface area contributed by atoms with Crippen LogP contribution in [0.2, 0.25) is 0 Å². The molecule has 0 radical (unpaired) electrons. The van der Waals surface area contributed by atoms with Crippen molar-refractivity contribution in [1.82, 2.24) is 0 Å². The van der Waals surface area contributed by atoms with Crippen molar-refractivity contribution in [2.75, 3.05) is 0 Å². The van der Waals surface area contributed by atoms with Crippen LogP contribution < -0.4 is 0 Å². The van der Waals surface area contributed by atoms with Crippen LogP contribution in [-0.2, 0) is 0 Å². The average Bonchev–Trinajstić information content (AvgIpc) is 1.89. The molecule has 0 spiro atoms. The highest BCUT2D eigenvalue weighted by Crippen LogP contribution is 2.06. The lowest BCUT2D eigenvalue weighted by molar-refractivity contribution is 0.806. The van der Waals surface area contributed by atoms with Gasteiger partial charge >= 0.3 is 0 Å². The van der Waals surface area contributed by atoms with Crippen LogP contribution in [-0.4, -0.2) is 6.21 Å². The number of hydrogen-bond donors (Lipinski definition) is 1. The van der Waals surface area contributed by atoms with E-state index < -0.39 is 0 Å². The zero-order valence-corrected chi connectivity index (χ0v) is 8.42. The lowest BCUT2D eigenvalue weighted by Crippen LogP contribution is -1.93. The maximum absolute atomic E-state index is 7.04. The van der Waals surface area contributed by atoms with E-state index in [4.69, 9.17) is 5.41 Å². The van der Waals surface area contributed by atoms with E-state index in [0.29, 0.717) is 5.92 Å². The van der Waals surface area contributed by atoms with Gasteiger partial charge in [-0.2, -0.15) is 0 Å². The topological polar surface area (TPSA) is 23.9 Å². The molecule has 0 rings (SSSR count). The first-order chi connectivity index (χ1) is 4.72. The summed E-state index contributed by atoms with van der Waals surface area (Å²) in [6, 6.07) is 0.